The maximum Gasteiger partial charge on any atom is 0.343 e. The second-order valence-corrected chi connectivity index (χ2v) is 7.49. The molecule has 35 heavy (non-hydrogen) atoms. The van der Waals surface area contributed by atoms with Gasteiger partial charge in [0.05, 0.1) is 18.4 Å². The quantitative estimate of drug-likeness (QED) is 0.162. The van der Waals surface area contributed by atoms with Crippen LogP contribution in [0.4, 0.5) is 0 Å². The van der Waals surface area contributed by atoms with Gasteiger partial charge in [-0.05, 0) is 65.7 Å². The standard InChI is InChI=1S/C28H24N2O5/c1-2-33-26-16-20(12-15-25(26)35-28(32)22-9-4-3-5-10-22)18-29-30-27(31)19-34-24-14-13-21-8-6-7-11-23(21)17-24/h3-18H,2,19H2,1H3,(H,30,31). The van der Waals surface area contributed by atoms with Crippen LogP contribution in [0.25, 0.3) is 10.8 Å². The van der Waals surface area contributed by atoms with Gasteiger partial charge in [-0.25, -0.2) is 10.2 Å². The third-order valence-electron chi connectivity index (χ3n) is 4.97. The third kappa shape index (κ3) is 6.45. The van der Waals surface area contributed by atoms with Gasteiger partial charge in [0.2, 0.25) is 0 Å². The number of rotatable bonds is 9. The first-order valence-corrected chi connectivity index (χ1v) is 11.1. The van der Waals surface area contributed by atoms with E-state index >= 15 is 0 Å². The van der Waals surface area contributed by atoms with Crippen molar-refractivity contribution in [1.82, 2.24) is 5.43 Å². The number of carbonyl (C=O) groups is 2. The van der Waals surface area contributed by atoms with Crippen LogP contribution in [0, 0.1) is 0 Å². The van der Waals surface area contributed by atoms with Crippen molar-refractivity contribution in [2.45, 2.75) is 6.92 Å². The normalized spacial score (nSPS) is 10.8. The molecule has 4 rings (SSSR count). The van der Waals surface area contributed by atoms with E-state index < -0.39 is 11.9 Å². The molecule has 0 saturated carbocycles. The number of hydrazone groups is 1. The van der Waals surface area contributed by atoms with Gasteiger partial charge < -0.3 is 14.2 Å². The second kappa shape index (κ2) is 11.5. The van der Waals surface area contributed by atoms with Gasteiger partial charge in [-0.1, -0.05) is 48.5 Å². The zero-order chi connectivity index (χ0) is 24.5. The summed E-state index contributed by atoms with van der Waals surface area (Å²) in [5.74, 6) is 0.418. The lowest BCUT2D eigenvalue weighted by Gasteiger charge is -2.11. The van der Waals surface area contributed by atoms with Crippen molar-refractivity contribution in [3.8, 4) is 17.2 Å². The van der Waals surface area contributed by atoms with E-state index in [1.807, 2.05) is 55.5 Å². The van der Waals surface area contributed by atoms with Crippen molar-refractivity contribution in [2.75, 3.05) is 13.2 Å². The van der Waals surface area contributed by atoms with E-state index in [1.54, 1.807) is 42.5 Å². The number of esters is 1. The van der Waals surface area contributed by atoms with E-state index in [2.05, 4.69) is 10.5 Å². The number of benzene rings is 4. The molecule has 7 heteroatoms. The first kappa shape index (κ1) is 23.5. The lowest BCUT2D eigenvalue weighted by atomic mass is 10.1. The summed E-state index contributed by atoms with van der Waals surface area (Å²) in [6.07, 6.45) is 1.47. The van der Waals surface area contributed by atoms with Crippen molar-refractivity contribution in [3.63, 3.8) is 0 Å². The van der Waals surface area contributed by atoms with Crippen LogP contribution in [0.5, 0.6) is 17.2 Å². The van der Waals surface area contributed by atoms with E-state index in [0.717, 1.165) is 10.8 Å². The van der Waals surface area contributed by atoms with Crippen molar-refractivity contribution in [3.05, 3.63) is 102 Å². The summed E-state index contributed by atoms with van der Waals surface area (Å²) in [5, 5.41) is 6.11. The van der Waals surface area contributed by atoms with Crippen molar-refractivity contribution in [2.24, 2.45) is 5.10 Å². The van der Waals surface area contributed by atoms with Crippen LogP contribution in [0.1, 0.15) is 22.8 Å². The predicted octanol–water partition coefficient (Wildman–Crippen LogP) is 4.99. The van der Waals surface area contributed by atoms with E-state index in [9.17, 15) is 9.59 Å². The molecule has 0 aromatic heterocycles. The van der Waals surface area contributed by atoms with E-state index in [-0.39, 0.29) is 6.61 Å². The summed E-state index contributed by atoms with van der Waals surface area (Å²) in [7, 11) is 0. The van der Waals surface area contributed by atoms with E-state index in [0.29, 0.717) is 35.0 Å². The van der Waals surface area contributed by atoms with Crippen molar-refractivity contribution in [1.29, 1.82) is 0 Å². The average Bonchev–Trinajstić information content (AvgIpc) is 2.89. The molecule has 0 heterocycles. The molecule has 0 unspecified atom stereocenters. The van der Waals surface area contributed by atoms with Gasteiger partial charge in [0.15, 0.2) is 18.1 Å². The number of ether oxygens (including phenoxy) is 3. The van der Waals surface area contributed by atoms with Crippen molar-refractivity contribution < 1.29 is 23.8 Å². The van der Waals surface area contributed by atoms with Crippen LogP contribution >= 0.6 is 0 Å². The summed E-state index contributed by atoms with van der Waals surface area (Å²) in [4.78, 5) is 24.5. The highest BCUT2D eigenvalue weighted by atomic mass is 16.6. The third-order valence-corrected chi connectivity index (χ3v) is 4.97. The Morgan fingerprint density at radius 3 is 2.40 bits per heavy atom. The Morgan fingerprint density at radius 2 is 1.60 bits per heavy atom. The fourth-order valence-corrected chi connectivity index (χ4v) is 3.31. The number of hydrogen-bond acceptors (Lipinski definition) is 6. The summed E-state index contributed by atoms with van der Waals surface area (Å²) >= 11 is 0. The van der Waals surface area contributed by atoms with Gasteiger partial charge >= 0.3 is 5.97 Å². The Morgan fingerprint density at radius 1 is 0.829 bits per heavy atom. The highest BCUT2D eigenvalue weighted by molar-refractivity contribution is 5.91. The lowest BCUT2D eigenvalue weighted by molar-refractivity contribution is -0.123. The molecule has 0 aliphatic rings. The van der Waals surface area contributed by atoms with Crippen LogP contribution in [0.15, 0.2) is 96.1 Å². The lowest BCUT2D eigenvalue weighted by Crippen LogP contribution is -2.24. The molecule has 0 atom stereocenters. The zero-order valence-electron chi connectivity index (χ0n) is 19.1. The number of nitrogens with zero attached hydrogens (tertiary/aromatic N) is 1. The first-order chi connectivity index (χ1) is 17.1. The minimum atomic E-state index is -0.480. The number of fused-ring (bicyclic) bond motifs is 1. The molecule has 0 aliphatic carbocycles. The summed E-state index contributed by atoms with van der Waals surface area (Å²) in [5.41, 5.74) is 3.53. The van der Waals surface area contributed by atoms with Gasteiger partial charge in [-0.15, -0.1) is 0 Å². The predicted molar refractivity (Wildman–Crippen MR) is 134 cm³/mol. The molecule has 1 amide bonds. The fraction of sp³-hybridized carbons (Fsp3) is 0.107. The van der Waals surface area contributed by atoms with Gasteiger partial charge in [-0.2, -0.15) is 5.10 Å². The SMILES string of the molecule is CCOc1cc(C=NNC(=O)COc2ccc3ccccc3c2)ccc1OC(=O)c1ccccc1. The van der Waals surface area contributed by atoms with E-state index in [1.165, 1.54) is 6.21 Å². The molecule has 0 fully saturated rings. The number of nitrogens with one attached hydrogen (secondary N) is 1. The van der Waals surface area contributed by atoms with Crippen LogP contribution in [-0.4, -0.2) is 31.3 Å². The Kier molecular flexibility index (Phi) is 7.70. The molecule has 4 aromatic carbocycles. The van der Waals surface area contributed by atoms with Crippen LogP contribution in [0.2, 0.25) is 0 Å². The molecular formula is C28H24N2O5. The monoisotopic (exact) mass is 468 g/mol. The molecule has 0 aliphatic heterocycles. The Hall–Kier alpha value is -4.65. The maximum atomic E-state index is 12.4. The largest absolute Gasteiger partial charge is 0.490 e. The van der Waals surface area contributed by atoms with Crippen LogP contribution < -0.4 is 19.6 Å². The average molecular weight is 469 g/mol. The molecule has 176 valence electrons. The number of amides is 1. The topological polar surface area (TPSA) is 86.2 Å². The van der Waals surface area contributed by atoms with Crippen molar-refractivity contribution >= 4 is 28.9 Å². The minimum absolute atomic E-state index is 0.172. The van der Waals surface area contributed by atoms with Gasteiger partial charge in [-0.3, -0.25) is 4.79 Å². The first-order valence-electron chi connectivity index (χ1n) is 11.1. The molecule has 0 saturated heterocycles. The fourth-order valence-electron chi connectivity index (χ4n) is 3.31. The highest BCUT2D eigenvalue weighted by Gasteiger charge is 2.13. The minimum Gasteiger partial charge on any atom is -0.490 e. The maximum absolute atomic E-state index is 12.4. The Bertz CT molecular complexity index is 1350. The molecule has 0 bridgehead atoms. The van der Waals surface area contributed by atoms with Crippen LogP contribution in [0.3, 0.4) is 0 Å². The molecule has 7 nitrogen and oxygen atoms in total. The van der Waals surface area contributed by atoms with Gasteiger partial charge in [0, 0.05) is 0 Å². The summed E-state index contributed by atoms with van der Waals surface area (Å²) in [6, 6.07) is 27.3. The molecular weight excluding hydrogens is 444 g/mol. The molecule has 4 aromatic rings. The van der Waals surface area contributed by atoms with Crippen LogP contribution in [-0.2, 0) is 4.79 Å². The van der Waals surface area contributed by atoms with E-state index in [4.69, 9.17) is 14.2 Å². The zero-order valence-corrected chi connectivity index (χ0v) is 19.1. The second-order valence-electron chi connectivity index (χ2n) is 7.49. The molecule has 1 N–H and O–H groups in total. The number of hydrogen-bond donors (Lipinski definition) is 1. The summed E-state index contributed by atoms with van der Waals surface area (Å²) in [6.45, 7) is 2.05. The highest BCUT2D eigenvalue weighted by Crippen LogP contribution is 2.29. The number of carbonyl (C=O) groups excluding carboxylic acids is 2. The molecule has 0 radical (unpaired) electrons. The van der Waals surface area contributed by atoms with Gasteiger partial charge in [0.25, 0.3) is 5.91 Å². The Balaban J connectivity index is 1.33. The Labute approximate surface area is 202 Å². The molecule has 0 spiro atoms. The van der Waals surface area contributed by atoms with Gasteiger partial charge in [0.1, 0.15) is 5.75 Å². The smallest absolute Gasteiger partial charge is 0.343 e. The summed E-state index contributed by atoms with van der Waals surface area (Å²) < 4.78 is 16.7.